The van der Waals surface area contributed by atoms with Gasteiger partial charge in [-0.25, -0.2) is 8.42 Å². The van der Waals surface area contributed by atoms with Gasteiger partial charge >= 0.3 is 0 Å². The van der Waals surface area contributed by atoms with E-state index in [2.05, 4.69) is 11.6 Å². The van der Waals surface area contributed by atoms with Gasteiger partial charge in [0.2, 0.25) is 15.9 Å². The molecule has 1 aliphatic rings. The van der Waals surface area contributed by atoms with Crippen molar-refractivity contribution in [3.05, 3.63) is 53.6 Å². The number of sulfonamides is 1. The minimum Gasteiger partial charge on any atom is -0.497 e. The molecule has 1 N–H and O–H groups in total. The first kappa shape index (κ1) is 20.2. The maximum atomic E-state index is 12.5. The number of carbonyl (C=O) groups is 1. The van der Waals surface area contributed by atoms with E-state index in [1.165, 1.54) is 0 Å². The Morgan fingerprint density at radius 3 is 2.54 bits per heavy atom. The summed E-state index contributed by atoms with van der Waals surface area (Å²) in [6, 6.07) is 12.4. The minimum absolute atomic E-state index is 0.116. The standard InChI is InChI=1S/C21H26N2O4S/c1-3-4-13-23-20-11-8-18(14-17(20)7-12-21(23)24)22-28(25,26)15-16-5-9-19(27-2)10-6-16/h5-6,8-11,14,22H,3-4,7,12-13,15H2,1-2H3. The van der Waals surface area contributed by atoms with Gasteiger partial charge < -0.3 is 9.64 Å². The Balaban J connectivity index is 1.74. The van der Waals surface area contributed by atoms with Crippen molar-refractivity contribution in [1.82, 2.24) is 0 Å². The first-order valence-electron chi connectivity index (χ1n) is 9.48. The number of hydrogen-bond donors (Lipinski definition) is 1. The van der Waals surface area contributed by atoms with Gasteiger partial charge in [-0.2, -0.15) is 0 Å². The van der Waals surface area contributed by atoms with E-state index in [-0.39, 0.29) is 11.7 Å². The summed E-state index contributed by atoms with van der Waals surface area (Å²) in [7, 11) is -1.97. The van der Waals surface area contributed by atoms with Crippen LogP contribution in [-0.2, 0) is 27.0 Å². The third-order valence-corrected chi connectivity index (χ3v) is 6.06. The Morgan fingerprint density at radius 2 is 1.86 bits per heavy atom. The summed E-state index contributed by atoms with van der Waals surface area (Å²) >= 11 is 0. The monoisotopic (exact) mass is 402 g/mol. The van der Waals surface area contributed by atoms with Gasteiger partial charge in [0.15, 0.2) is 0 Å². The zero-order chi connectivity index (χ0) is 20.1. The molecule has 0 spiro atoms. The molecule has 0 unspecified atom stereocenters. The zero-order valence-electron chi connectivity index (χ0n) is 16.3. The van der Waals surface area contributed by atoms with Crippen molar-refractivity contribution < 1.29 is 17.9 Å². The van der Waals surface area contributed by atoms with Crippen LogP contribution in [0.1, 0.15) is 37.3 Å². The molecule has 1 amide bonds. The SMILES string of the molecule is CCCCN1C(=O)CCc2cc(NS(=O)(=O)Cc3ccc(OC)cc3)ccc21. The normalized spacial score (nSPS) is 13.9. The Hall–Kier alpha value is -2.54. The highest BCUT2D eigenvalue weighted by atomic mass is 32.2. The molecule has 0 aromatic heterocycles. The van der Waals surface area contributed by atoms with E-state index in [1.54, 1.807) is 37.4 Å². The molecule has 0 aliphatic carbocycles. The van der Waals surface area contributed by atoms with Gasteiger partial charge in [0.1, 0.15) is 5.75 Å². The highest BCUT2D eigenvalue weighted by Gasteiger charge is 2.24. The smallest absolute Gasteiger partial charge is 0.236 e. The number of rotatable bonds is 8. The summed E-state index contributed by atoms with van der Waals surface area (Å²) in [5.74, 6) is 0.703. The maximum absolute atomic E-state index is 12.5. The quantitative estimate of drug-likeness (QED) is 0.730. The average Bonchev–Trinajstić information content (AvgIpc) is 2.67. The Morgan fingerprint density at radius 1 is 1.11 bits per heavy atom. The number of anilines is 2. The number of ether oxygens (including phenoxy) is 1. The van der Waals surface area contributed by atoms with Crippen LogP contribution in [0.15, 0.2) is 42.5 Å². The molecule has 0 bridgehead atoms. The molecule has 0 radical (unpaired) electrons. The van der Waals surface area contributed by atoms with Crippen molar-refractivity contribution in [2.45, 2.75) is 38.4 Å². The van der Waals surface area contributed by atoms with Crippen LogP contribution < -0.4 is 14.4 Å². The topological polar surface area (TPSA) is 75.7 Å². The number of fused-ring (bicyclic) bond motifs is 1. The molecule has 150 valence electrons. The van der Waals surface area contributed by atoms with E-state index in [4.69, 9.17) is 4.74 Å². The second-order valence-corrected chi connectivity index (χ2v) is 8.67. The molecule has 0 atom stereocenters. The second kappa shape index (κ2) is 8.65. The molecule has 2 aromatic carbocycles. The highest BCUT2D eigenvalue weighted by molar-refractivity contribution is 7.91. The molecule has 28 heavy (non-hydrogen) atoms. The number of amides is 1. The van der Waals surface area contributed by atoms with Crippen LogP contribution in [0.3, 0.4) is 0 Å². The van der Waals surface area contributed by atoms with Gasteiger partial charge in [0.05, 0.1) is 12.9 Å². The summed E-state index contributed by atoms with van der Waals surface area (Å²) in [5, 5.41) is 0. The number of unbranched alkanes of at least 4 members (excludes halogenated alkanes) is 1. The number of carbonyl (C=O) groups excluding carboxylic acids is 1. The van der Waals surface area contributed by atoms with Crippen LogP contribution in [-0.4, -0.2) is 28.0 Å². The van der Waals surface area contributed by atoms with Gasteiger partial charge in [-0.15, -0.1) is 0 Å². The molecule has 0 fully saturated rings. The summed E-state index contributed by atoms with van der Waals surface area (Å²) in [6.45, 7) is 2.79. The fraction of sp³-hybridized carbons (Fsp3) is 0.381. The average molecular weight is 403 g/mol. The molecule has 7 heteroatoms. The molecule has 3 rings (SSSR count). The van der Waals surface area contributed by atoms with Gasteiger partial charge in [-0.3, -0.25) is 9.52 Å². The van der Waals surface area contributed by atoms with Gasteiger partial charge in [-0.1, -0.05) is 25.5 Å². The molecule has 2 aromatic rings. The van der Waals surface area contributed by atoms with Crippen LogP contribution in [0, 0.1) is 0 Å². The van der Waals surface area contributed by atoms with Crippen molar-refractivity contribution in [2.75, 3.05) is 23.3 Å². The number of benzene rings is 2. The fourth-order valence-electron chi connectivity index (χ4n) is 3.34. The van der Waals surface area contributed by atoms with Crippen molar-refractivity contribution >= 4 is 27.3 Å². The van der Waals surface area contributed by atoms with Crippen LogP contribution in [0.5, 0.6) is 5.75 Å². The molecule has 1 aliphatic heterocycles. The van der Waals surface area contributed by atoms with E-state index in [0.29, 0.717) is 36.4 Å². The number of aryl methyl sites for hydroxylation is 1. The zero-order valence-corrected chi connectivity index (χ0v) is 17.1. The van der Waals surface area contributed by atoms with Gasteiger partial charge in [-0.05, 0) is 54.3 Å². The lowest BCUT2D eigenvalue weighted by molar-refractivity contribution is -0.118. The van der Waals surface area contributed by atoms with E-state index in [9.17, 15) is 13.2 Å². The third kappa shape index (κ3) is 4.84. The fourth-order valence-corrected chi connectivity index (χ4v) is 4.53. The predicted molar refractivity (Wildman–Crippen MR) is 111 cm³/mol. The molecular formula is C21H26N2O4S. The second-order valence-electron chi connectivity index (χ2n) is 6.95. The molecular weight excluding hydrogens is 376 g/mol. The van der Waals surface area contributed by atoms with E-state index >= 15 is 0 Å². The Bertz CT molecular complexity index is 939. The minimum atomic E-state index is -3.54. The number of nitrogens with zero attached hydrogens (tertiary/aromatic N) is 1. The largest absolute Gasteiger partial charge is 0.497 e. The molecule has 0 saturated carbocycles. The van der Waals surface area contributed by atoms with Crippen molar-refractivity contribution in [2.24, 2.45) is 0 Å². The van der Waals surface area contributed by atoms with Crippen molar-refractivity contribution in [3.8, 4) is 5.75 Å². The number of hydrogen-bond acceptors (Lipinski definition) is 4. The molecule has 0 saturated heterocycles. The Kier molecular flexibility index (Phi) is 6.24. The number of methoxy groups -OCH3 is 1. The van der Waals surface area contributed by atoms with Crippen LogP contribution >= 0.6 is 0 Å². The molecule has 1 heterocycles. The Labute approximate surface area is 166 Å². The van der Waals surface area contributed by atoms with E-state index in [0.717, 1.165) is 24.1 Å². The summed E-state index contributed by atoms with van der Waals surface area (Å²) in [4.78, 5) is 14.0. The third-order valence-electron chi connectivity index (χ3n) is 4.80. The lowest BCUT2D eigenvalue weighted by Gasteiger charge is -2.29. The maximum Gasteiger partial charge on any atom is 0.236 e. The van der Waals surface area contributed by atoms with Crippen LogP contribution in [0.4, 0.5) is 11.4 Å². The first-order valence-corrected chi connectivity index (χ1v) is 11.1. The summed E-state index contributed by atoms with van der Waals surface area (Å²) in [6.07, 6.45) is 3.05. The van der Waals surface area contributed by atoms with Gasteiger partial charge in [0.25, 0.3) is 0 Å². The highest BCUT2D eigenvalue weighted by Crippen LogP contribution is 2.31. The van der Waals surface area contributed by atoms with E-state index in [1.807, 2.05) is 17.0 Å². The summed E-state index contributed by atoms with van der Waals surface area (Å²) < 4.78 is 32.8. The predicted octanol–water partition coefficient (Wildman–Crippen LogP) is 3.72. The van der Waals surface area contributed by atoms with Crippen LogP contribution in [0.25, 0.3) is 0 Å². The summed E-state index contributed by atoms with van der Waals surface area (Å²) in [5.41, 5.74) is 3.10. The first-order chi connectivity index (χ1) is 13.4. The van der Waals surface area contributed by atoms with E-state index < -0.39 is 10.0 Å². The lowest BCUT2D eigenvalue weighted by Crippen LogP contribution is -2.35. The van der Waals surface area contributed by atoms with Crippen molar-refractivity contribution in [1.29, 1.82) is 0 Å². The lowest BCUT2D eigenvalue weighted by atomic mass is 10.00. The van der Waals surface area contributed by atoms with Crippen LogP contribution in [0.2, 0.25) is 0 Å². The van der Waals surface area contributed by atoms with Gasteiger partial charge in [0, 0.05) is 24.3 Å². The molecule has 6 nitrogen and oxygen atoms in total. The number of nitrogens with one attached hydrogen (secondary N) is 1. The van der Waals surface area contributed by atoms with Crippen molar-refractivity contribution in [3.63, 3.8) is 0 Å².